The molecule has 0 spiro atoms. The number of rotatable bonds is 0. The average Bonchev–Trinajstić information content (AvgIpc) is 1.86. The minimum absolute atomic E-state index is 0.741. The molecule has 0 aromatic heterocycles. The van der Waals surface area contributed by atoms with Crippen molar-refractivity contribution in [1.29, 1.82) is 0 Å². The molecule has 0 saturated heterocycles. The third-order valence-electron chi connectivity index (χ3n) is 0.496. The van der Waals surface area contributed by atoms with E-state index < -0.39 is 0 Å². The second kappa shape index (κ2) is 1.57. The maximum absolute atomic E-state index is 3.68. The zero-order valence-electron chi connectivity index (χ0n) is 3.46. The number of nitrogens with zero attached hydrogens (tertiary/aromatic N) is 3. The Bertz CT molecular complexity index is 63.2. The van der Waals surface area contributed by atoms with Crippen molar-refractivity contribution < 1.29 is 0 Å². The molecule has 0 atom stereocenters. The standard InChI is InChI=1S/C2H5N3S/c1-5-2-3-4-6-5/h2H2,1H3. The predicted molar refractivity (Wildman–Crippen MR) is 25.1 cm³/mol. The maximum atomic E-state index is 3.68. The van der Waals surface area contributed by atoms with Crippen molar-refractivity contribution in [3.63, 3.8) is 0 Å². The minimum Gasteiger partial charge on any atom is -0.210 e. The second-order valence-corrected chi connectivity index (χ2v) is 2.02. The molecule has 1 rings (SSSR count). The van der Waals surface area contributed by atoms with Crippen molar-refractivity contribution in [2.45, 2.75) is 0 Å². The van der Waals surface area contributed by atoms with Gasteiger partial charge in [0, 0.05) is 7.05 Å². The van der Waals surface area contributed by atoms with Crippen molar-refractivity contribution in [2.75, 3.05) is 13.7 Å². The zero-order valence-corrected chi connectivity index (χ0v) is 4.27. The lowest BCUT2D eigenvalue weighted by atomic mass is 11.1. The smallest absolute Gasteiger partial charge is 0.124 e. The van der Waals surface area contributed by atoms with E-state index in [0.717, 1.165) is 6.67 Å². The Labute approximate surface area is 40.7 Å². The normalized spacial score (nSPS) is 22.8. The van der Waals surface area contributed by atoms with E-state index in [4.69, 9.17) is 0 Å². The van der Waals surface area contributed by atoms with Gasteiger partial charge >= 0.3 is 0 Å². The molecule has 1 aliphatic heterocycles. The molecule has 4 heteroatoms. The lowest BCUT2D eigenvalue weighted by molar-refractivity contribution is 0.602. The summed E-state index contributed by atoms with van der Waals surface area (Å²) in [6.07, 6.45) is 0. The zero-order chi connectivity index (χ0) is 4.41. The molecule has 0 saturated carbocycles. The Hall–Kier alpha value is -0.0900. The molecule has 1 aliphatic rings. The highest BCUT2D eigenvalue weighted by atomic mass is 32.2. The number of hydrogen-bond donors (Lipinski definition) is 0. The van der Waals surface area contributed by atoms with Gasteiger partial charge in [-0.1, -0.05) is 0 Å². The molecule has 3 nitrogen and oxygen atoms in total. The predicted octanol–water partition coefficient (Wildman–Crippen LogP) is 0.905. The van der Waals surface area contributed by atoms with E-state index in [1.54, 1.807) is 0 Å². The van der Waals surface area contributed by atoms with Crippen LogP contribution in [0.5, 0.6) is 0 Å². The van der Waals surface area contributed by atoms with Crippen molar-refractivity contribution in [3.05, 3.63) is 0 Å². The molecule has 6 heavy (non-hydrogen) atoms. The van der Waals surface area contributed by atoms with Crippen LogP contribution in [-0.2, 0) is 0 Å². The fourth-order valence-corrected chi connectivity index (χ4v) is 0.560. The highest BCUT2D eigenvalue weighted by Crippen LogP contribution is 2.14. The second-order valence-electron chi connectivity index (χ2n) is 1.07. The first-order valence-corrected chi connectivity index (χ1v) is 2.38. The summed E-state index contributed by atoms with van der Waals surface area (Å²) in [5.41, 5.74) is 0. The van der Waals surface area contributed by atoms with Crippen LogP contribution in [0.4, 0.5) is 0 Å². The van der Waals surface area contributed by atoms with Crippen LogP contribution in [0.2, 0.25) is 0 Å². The third-order valence-corrected chi connectivity index (χ3v) is 1.08. The van der Waals surface area contributed by atoms with Gasteiger partial charge in [0.25, 0.3) is 0 Å². The van der Waals surface area contributed by atoms with Gasteiger partial charge in [0.2, 0.25) is 0 Å². The van der Waals surface area contributed by atoms with Gasteiger partial charge in [-0.15, -0.1) is 4.52 Å². The van der Waals surface area contributed by atoms with Gasteiger partial charge in [0.1, 0.15) is 6.67 Å². The Morgan fingerprint density at radius 3 is 2.83 bits per heavy atom. The van der Waals surface area contributed by atoms with Crippen LogP contribution in [0, 0.1) is 0 Å². The molecular weight excluding hydrogens is 98.1 g/mol. The van der Waals surface area contributed by atoms with E-state index in [9.17, 15) is 0 Å². The molecule has 1 heterocycles. The van der Waals surface area contributed by atoms with Crippen LogP contribution < -0.4 is 0 Å². The topological polar surface area (TPSA) is 28.0 Å². The van der Waals surface area contributed by atoms with Gasteiger partial charge in [-0.3, -0.25) is 0 Å². The van der Waals surface area contributed by atoms with Gasteiger partial charge in [-0.05, 0) is 0 Å². The summed E-state index contributed by atoms with van der Waals surface area (Å²) < 4.78 is 5.58. The first kappa shape index (κ1) is 4.08. The quantitative estimate of drug-likeness (QED) is 0.426. The molecule has 0 unspecified atom stereocenters. The summed E-state index contributed by atoms with van der Waals surface area (Å²) in [5, 5.41) is 3.68. The van der Waals surface area contributed by atoms with Gasteiger partial charge in [-0.25, -0.2) is 4.31 Å². The molecule has 0 aliphatic carbocycles. The van der Waals surface area contributed by atoms with Crippen molar-refractivity contribution >= 4 is 12.1 Å². The molecular formula is C2H5N3S. The average molecular weight is 103 g/mol. The van der Waals surface area contributed by atoms with Crippen LogP contribution >= 0.6 is 12.1 Å². The Kier molecular flexibility index (Phi) is 1.07. The molecule has 0 aromatic rings. The summed E-state index contributed by atoms with van der Waals surface area (Å²) >= 11 is 1.39. The third kappa shape index (κ3) is 0.693. The molecule has 0 N–H and O–H groups in total. The van der Waals surface area contributed by atoms with E-state index in [-0.39, 0.29) is 0 Å². The van der Waals surface area contributed by atoms with E-state index in [1.807, 2.05) is 11.4 Å². The molecule has 0 fully saturated rings. The van der Waals surface area contributed by atoms with Crippen LogP contribution in [0.15, 0.2) is 9.63 Å². The van der Waals surface area contributed by atoms with Gasteiger partial charge < -0.3 is 0 Å². The molecule has 0 amide bonds. The summed E-state index contributed by atoms with van der Waals surface area (Å²) in [5.74, 6) is 0. The lowest BCUT2D eigenvalue weighted by Gasteiger charge is -1.94. The summed E-state index contributed by atoms with van der Waals surface area (Å²) in [7, 11) is 1.95. The highest BCUT2D eigenvalue weighted by Gasteiger charge is 1.99. The van der Waals surface area contributed by atoms with Crippen LogP contribution in [-0.4, -0.2) is 18.0 Å². The van der Waals surface area contributed by atoms with Crippen LogP contribution in [0.25, 0.3) is 0 Å². The minimum atomic E-state index is 0.741. The summed E-state index contributed by atoms with van der Waals surface area (Å²) in [4.78, 5) is 0. The Balaban J connectivity index is 2.32. The fourth-order valence-electron chi connectivity index (χ4n) is 0.229. The number of hydrogen-bond acceptors (Lipinski definition) is 4. The lowest BCUT2D eigenvalue weighted by Crippen LogP contribution is -2.00. The van der Waals surface area contributed by atoms with E-state index in [1.165, 1.54) is 12.1 Å². The highest BCUT2D eigenvalue weighted by molar-refractivity contribution is 7.95. The summed E-state index contributed by atoms with van der Waals surface area (Å²) in [6, 6.07) is 0. The van der Waals surface area contributed by atoms with E-state index in [0.29, 0.717) is 0 Å². The SMILES string of the molecule is CN1CN=NS1. The first-order chi connectivity index (χ1) is 2.89. The van der Waals surface area contributed by atoms with E-state index >= 15 is 0 Å². The van der Waals surface area contributed by atoms with Crippen molar-refractivity contribution in [2.24, 2.45) is 9.63 Å². The van der Waals surface area contributed by atoms with E-state index in [2.05, 4.69) is 9.63 Å². The molecule has 0 radical (unpaired) electrons. The van der Waals surface area contributed by atoms with Crippen molar-refractivity contribution in [1.82, 2.24) is 4.31 Å². The Morgan fingerprint density at radius 1 is 1.83 bits per heavy atom. The molecule has 34 valence electrons. The molecule has 0 aromatic carbocycles. The van der Waals surface area contributed by atoms with Gasteiger partial charge in [0.15, 0.2) is 0 Å². The van der Waals surface area contributed by atoms with Gasteiger partial charge in [-0.2, -0.15) is 5.11 Å². The largest absolute Gasteiger partial charge is 0.210 e. The first-order valence-electron chi connectivity index (χ1n) is 1.64. The maximum Gasteiger partial charge on any atom is 0.124 e. The van der Waals surface area contributed by atoms with Crippen LogP contribution in [0.3, 0.4) is 0 Å². The Morgan fingerprint density at radius 2 is 2.67 bits per heavy atom. The monoisotopic (exact) mass is 103 g/mol. The fraction of sp³-hybridized carbons (Fsp3) is 1.00. The van der Waals surface area contributed by atoms with Crippen LogP contribution in [0.1, 0.15) is 0 Å². The van der Waals surface area contributed by atoms with Gasteiger partial charge in [0.05, 0.1) is 12.1 Å². The summed E-state index contributed by atoms with van der Waals surface area (Å²) in [6.45, 7) is 0.741. The van der Waals surface area contributed by atoms with Crippen molar-refractivity contribution in [3.8, 4) is 0 Å². The molecule has 0 bridgehead atoms.